The summed E-state index contributed by atoms with van der Waals surface area (Å²) in [6, 6.07) is 7.33. The highest BCUT2D eigenvalue weighted by Crippen LogP contribution is 2.32. The van der Waals surface area contributed by atoms with Crippen LogP contribution >= 0.6 is 0 Å². The van der Waals surface area contributed by atoms with E-state index in [4.69, 9.17) is 4.74 Å². The highest BCUT2D eigenvalue weighted by Gasteiger charge is 2.42. The summed E-state index contributed by atoms with van der Waals surface area (Å²) >= 11 is 0. The van der Waals surface area contributed by atoms with Gasteiger partial charge >= 0.3 is 0 Å². The lowest BCUT2D eigenvalue weighted by Gasteiger charge is -2.51. The first-order valence-electron chi connectivity index (χ1n) is 9.06. The third-order valence-corrected chi connectivity index (χ3v) is 6.04. The number of amides is 2. The van der Waals surface area contributed by atoms with Crippen LogP contribution in [0.25, 0.3) is 0 Å². The number of benzene rings is 1. The molecule has 1 aromatic carbocycles. The van der Waals surface area contributed by atoms with Crippen molar-refractivity contribution in [1.82, 2.24) is 15.1 Å². The topological polar surface area (TPSA) is 61.9 Å². The molecule has 6 heteroatoms. The normalized spacial score (nSPS) is 25.7. The van der Waals surface area contributed by atoms with Gasteiger partial charge in [-0.15, -0.1) is 0 Å². The molecule has 0 aromatic heterocycles. The number of piperazine rings is 1. The van der Waals surface area contributed by atoms with E-state index in [1.165, 1.54) is 0 Å². The predicted molar refractivity (Wildman–Crippen MR) is 93.3 cm³/mol. The molecule has 3 aliphatic heterocycles. The second-order valence-electron chi connectivity index (χ2n) is 7.39. The maximum absolute atomic E-state index is 12.9. The van der Waals surface area contributed by atoms with Gasteiger partial charge < -0.3 is 15.0 Å². The van der Waals surface area contributed by atoms with Gasteiger partial charge in [-0.25, -0.2) is 0 Å². The van der Waals surface area contributed by atoms with Crippen LogP contribution in [0.5, 0.6) is 0 Å². The van der Waals surface area contributed by atoms with E-state index in [-0.39, 0.29) is 23.4 Å². The lowest BCUT2D eigenvalue weighted by Crippen LogP contribution is -2.63. The molecular weight excluding hydrogens is 318 g/mol. The van der Waals surface area contributed by atoms with Crippen LogP contribution in [-0.4, -0.2) is 67.0 Å². The molecule has 1 spiro atoms. The van der Waals surface area contributed by atoms with Gasteiger partial charge in [0.1, 0.15) is 0 Å². The van der Waals surface area contributed by atoms with E-state index < -0.39 is 0 Å². The molecule has 4 rings (SSSR count). The maximum Gasteiger partial charge on any atom is 0.252 e. The summed E-state index contributed by atoms with van der Waals surface area (Å²) in [5, 5.41) is 2.95. The molecule has 2 saturated heterocycles. The Morgan fingerprint density at radius 2 is 2.04 bits per heavy atom. The molecular formula is C19H25N3O3. The average molecular weight is 343 g/mol. The van der Waals surface area contributed by atoms with Crippen molar-refractivity contribution >= 4 is 11.8 Å². The van der Waals surface area contributed by atoms with E-state index in [0.29, 0.717) is 12.0 Å². The van der Waals surface area contributed by atoms with E-state index in [2.05, 4.69) is 17.3 Å². The van der Waals surface area contributed by atoms with Gasteiger partial charge in [0.15, 0.2) is 0 Å². The number of nitrogens with one attached hydrogen (secondary N) is 1. The molecule has 1 aromatic rings. The van der Waals surface area contributed by atoms with Gasteiger partial charge in [0.2, 0.25) is 5.91 Å². The van der Waals surface area contributed by atoms with Crippen molar-refractivity contribution in [2.45, 2.75) is 30.8 Å². The van der Waals surface area contributed by atoms with Crippen LogP contribution in [0.3, 0.4) is 0 Å². The number of carbonyl (C=O) groups is 2. The molecule has 2 fully saturated rings. The van der Waals surface area contributed by atoms with Crippen LogP contribution in [0, 0.1) is 0 Å². The standard InChI is InChI=1S/C19H25N3O3/c1-21-8-9-22(13-19(21)6-10-25-11-7-19)17(23)12-16-14-4-2-3-5-15(14)18(24)20-16/h2-5,16H,6-13H2,1H3,(H,20,24). The van der Waals surface area contributed by atoms with Crippen LogP contribution in [0.2, 0.25) is 0 Å². The Balaban J connectivity index is 1.46. The average Bonchev–Trinajstić information content (AvgIpc) is 2.94. The number of hydrogen-bond donors (Lipinski definition) is 1. The van der Waals surface area contributed by atoms with Crippen LogP contribution in [0.1, 0.15) is 41.2 Å². The molecule has 1 N–H and O–H groups in total. The second-order valence-corrected chi connectivity index (χ2v) is 7.39. The summed E-state index contributed by atoms with van der Waals surface area (Å²) in [5.74, 6) is 0.0497. The molecule has 0 bridgehead atoms. The van der Waals surface area contributed by atoms with Crippen LogP contribution in [-0.2, 0) is 9.53 Å². The van der Waals surface area contributed by atoms with Crippen LogP contribution < -0.4 is 5.32 Å². The summed E-state index contributed by atoms with van der Waals surface area (Å²) in [4.78, 5) is 29.4. The van der Waals surface area contributed by atoms with Gasteiger partial charge in [-0.05, 0) is 31.5 Å². The van der Waals surface area contributed by atoms with Gasteiger partial charge in [0.25, 0.3) is 5.91 Å². The predicted octanol–water partition coefficient (Wildman–Crippen LogP) is 1.18. The number of hydrogen-bond acceptors (Lipinski definition) is 4. The molecule has 0 saturated carbocycles. The zero-order valence-electron chi connectivity index (χ0n) is 14.7. The SMILES string of the molecule is CN1CCN(C(=O)CC2NC(=O)c3ccccc32)CC12CCOCC2. The van der Waals surface area contributed by atoms with Crippen molar-refractivity contribution in [2.24, 2.45) is 0 Å². The molecule has 134 valence electrons. The van der Waals surface area contributed by atoms with Crippen LogP contribution in [0.15, 0.2) is 24.3 Å². The molecule has 0 aliphatic carbocycles. The van der Waals surface area contributed by atoms with Crippen molar-refractivity contribution in [2.75, 3.05) is 39.9 Å². The van der Waals surface area contributed by atoms with Gasteiger partial charge in [0.05, 0.1) is 12.5 Å². The number of ether oxygens (including phenoxy) is 1. The zero-order chi connectivity index (χ0) is 17.4. The Bertz CT molecular complexity index is 684. The molecule has 1 atom stereocenters. The molecule has 25 heavy (non-hydrogen) atoms. The summed E-state index contributed by atoms with van der Waals surface area (Å²) in [6.07, 6.45) is 2.27. The minimum atomic E-state index is -0.207. The smallest absolute Gasteiger partial charge is 0.252 e. The molecule has 3 aliphatic rings. The molecule has 0 radical (unpaired) electrons. The Morgan fingerprint density at radius 1 is 1.28 bits per heavy atom. The molecule has 2 amide bonds. The summed E-state index contributed by atoms with van der Waals surface area (Å²) in [5.41, 5.74) is 1.68. The van der Waals surface area contributed by atoms with E-state index in [1.54, 1.807) is 0 Å². The Morgan fingerprint density at radius 3 is 2.84 bits per heavy atom. The third-order valence-electron chi connectivity index (χ3n) is 6.04. The second kappa shape index (κ2) is 6.42. The van der Waals surface area contributed by atoms with Crippen molar-refractivity contribution < 1.29 is 14.3 Å². The fraction of sp³-hybridized carbons (Fsp3) is 0.579. The molecule has 6 nitrogen and oxygen atoms in total. The Hall–Kier alpha value is -1.92. The monoisotopic (exact) mass is 343 g/mol. The van der Waals surface area contributed by atoms with Crippen LogP contribution in [0.4, 0.5) is 0 Å². The molecule has 3 heterocycles. The largest absolute Gasteiger partial charge is 0.381 e. The van der Waals surface area contributed by atoms with E-state index in [0.717, 1.165) is 51.3 Å². The lowest BCUT2D eigenvalue weighted by molar-refractivity contribution is -0.140. The number of likely N-dealkylation sites (N-methyl/N-ethyl adjacent to an activating group) is 1. The number of fused-ring (bicyclic) bond motifs is 1. The first-order valence-corrected chi connectivity index (χ1v) is 9.06. The van der Waals surface area contributed by atoms with Crippen molar-refractivity contribution in [1.29, 1.82) is 0 Å². The van der Waals surface area contributed by atoms with Crippen molar-refractivity contribution in [3.8, 4) is 0 Å². The number of rotatable bonds is 2. The number of carbonyl (C=O) groups excluding carboxylic acids is 2. The van der Waals surface area contributed by atoms with Gasteiger partial charge in [-0.2, -0.15) is 0 Å². The van der Waals surface area contributed by atoms with Crippen molar-refractivity contribution in [3.63, 3.8) is 0 Å². The zero-order valence-corrected chi connectivity index (χ0v) is 14.7. The number of nitrogens with zero attached hydrogens (tertiary/aromatic N) is 2. The maximum atomic E-state index is 12.9. The van der Waals surface area contributed by atoms with E-state index in [1.807, 2.05) is 29.2 Å². The highest BCUT2D eigenvalue weighted by molar-refractivity contribution is 5.99. The summed E-state index contributed by atoms with van der Waals surface area (Å²) < 4.78 is 5.52. The van der Waals surface area contributed by atoms with Gasteiger partial charge in [-0.3, -0.25) is 14.5 Å². The van der Waals surface area contributed by atoms with E-state index in [9.17, 15) is 9.59 Å². The minimum absolute atomic E-state index is 0.0446. The first-order chi connectivity index (χ1) is 12.1. The quantitative estimate of drug-likeness (QED) is 0.876. The van der Waals surface area contributed by atoms with E-state index >= 15 is 0 Å². The van der Waals surface area contributed by atoms with Crippen molar-refractivity contribution in [3.05, 3.63) is 35.4 Å². The Kier molecular flexibility index (Phi) is 4.25. The van der Waals surface area contributed by atoms with Gasteiger partial charge in [0, 0.05) is 44.0 Å². The Labute approximate surface area is 148 Å². The third kappa shape index (κ3) is 2.93. The molecule has 1 unspecified atom stereocenters. The highest BCUT2D eigenvalue weighted by atomic mass is 16.5. The fourth-order valence-electron chi connectivity index (χ4n) is 4.35. The summed E-state index contributed by atoms with van der Waals surface area (Å²) in [7, 11) is 2.15. The fourth-order valence-corrected chi connectivity index (χ4v) is 4.35. The summed E-state index contributed by atoms with van der Waals surface area (Å²) in [6.45, 7) is 3.92. The first kappa shape index (κ1) is 16.5. The van der Waals surface area contributed by atoms with Gasteiger partial charge in [-0.1, -0.05) is 18.2 Å². The minimum Gasteiger partial charge on any atom is -0.381 e. The lowest BCUT2D eigenvalue weighted by atomic mass is 9.85.